The van der Waals surface area contributed by atoms with Crippen LogP contribution in [0.3, 0.4) is 0 Å². The highest BCUT2D eigenvalue weighted by molar-refractivity contribution is 5.25. The summed E-state index contributed by atoms with van der Waals surface area (Å²) >= 11 is 0. The molecule has 1 rings (SSSR count). The van der Waals surface area contributed by atoms with Gasteiger partial charge in [-0.2, -0.15) is 0 Å². The lowest BCUT2D eigenvalue weighted by molar-refractivity contribution is 0.192. The summed E-state index contributed by atoms with van der Waals surface area (Å²) in [6.07, 6.45) is 11.5. The van der Waals surface area contributed by atoms with Gasteiger partial charge in [-0.05, 0) is 36.7 Å². The minimum Gasteiger partial charge on any atom is -0.388 e. The first-order valence-corrected chi connectivity index (χ1v) is 6.04. The van der Waals surface area contributed by atoms with Crippen molar-refractivity contribution in [3.63, 3.8) is 0 Å². The summed E-state index contributed by atoms with van der Waals surface area (Å²) < 4.78 is 0. The molecule has 0 aromatic heterocycles. The van der Waals surface area contributed by atoms with Crippen LogP contribution in [-0.2, 0) is 0 Å². The molecule has 0 amide bonds. The zero-order valence-corrected chi connectivity index (χ0v) is 10.3. The van der Waals surface area contributed by atoms with Crippen LogP contribution >= 0.6 is 0 Å². The third kappa shape index (κ3) is 5.17. The van der Waals surface area contributed by atoms with E-state index < -0.39 is 0 Å². The molecule has 1 aliphatic rings. The summed E-state index contributed by atoms with van der Waals surface area (Å²) in [4.78, 5) is 0. The Morgan fingerprint density at radius 3 is 2.60 bits per heavy atom. The molecule has 0 aliphatic heterocycles. The second-order valence-electron chi connectivity index (χ2n) is 5.65. The van der Waals surface area contributed by atoms with Gasteiger partial charge in [0.25, 0.3) is 0 Å². The molecule has 0 aromatic rings. The number of allylic oxidation sites excluding steroid dienone is 2. The van der Waals surface area contributed by atoms with Crippen LogP contribution in [0.5, 0.6) is 0 Å². The minimum atomic E-state index is -0.246. The average molecular weight is 208 g/mol. The van der Waals surface area contributed by atoms with Gasteiger partial charge in [0.15, 0.2) is 0 Å². The largest absolute Gasteiger partial charge is 0.388 e. The summed E-state index contributed by atoms with van der Waals surface area (Å²) in [6.45, 7) is 6.75. The van der Waals surface area contributed by atoms with Crippen molar-refractivity contribution in [2.75, 3.05) is 0 Å². The van der Waals surface area contributed by atoms with E-state index in [-0.39, 0.29) is 6.10 Å². The van der Waals surface area contributed by atoms with E-state index >= 15 is 0 Å². The monoisotopic (exact) mass is 208 g/mol. The molecule has 1 unspecified atom stereocenters. The highest BCUT2D eigenvalue weighted by atomic mass is 16.3. The second-order valence-corrected chi connectivity index (χ2v) is 5.65. The number of rotatable bonds is 4. The first-order chi connectivity index (χ1) is 6.99. The molecule has 0 saturated heterocycles. The van der Waals surface area contributed by atoms with Gasteiger partial charge in [0, 0.05) is 0 Å². The fraction of sp³-hybridized carbons (Fsp3) is 0.714. The van der Waals surface area contributed by atoms with Crippen molar-refractivity contribution in [3.05, 3.63) is 23.8 Å². The lowest BCUT2D eigenvalue weighted by Gasteiger charge is -2.20. The number of aliphatic hydroxyl groups is 1. The molecule has 1 nitrogen and oxygen atoms in total. The molecule has 1 atom stereocenters. The van der Waals surface area contributed by atoms with Gasteiger partial charge < -0.3 is 5.11 Å². The smallest absolute Gasteiger partial charge is 0.0786 e. The van der Waals surface area contributed by atoms with Crippen molar-refractivity contribution in [1.29, 1.82) is 0 Å². The van der Waals surface area contributed by atoms with Crippen molar-refractivity contribution in [2.45, 2.75) is 59.0 Å². The zero-order valence-electron chi connectivity index (χ0n) is 10.3. The van der Waals surface area contributed by atoms with Crippen LogP contribution in [0, 0.1) is 5.41 Å². The molecule has 1 heteroatoms. The fourth-order valence-electron chi connectivity index (χ4n) is 1.87. The minimum absolute atomic E-state index is 0.246. The van der Waals surface area contributed by atoms with E-state index in [0.717, 1.165) is 31.3 Å². The standard InChI is InChI=1S/C14H24O/c1-14(2,3)11-7-10-13(15)12-8-5-4-6-9-12/h5,8-9,13,15H,4,6-7,10-11H2,1-3H3. The van der Waals surface area contributed by atoms with Crippen LogP contribution in [0.1, 0.15) is 52.9 Å². The summed E-state index contributed by atoms with van der Waals surface area (Å²) in [7, 11) is 0. The lowest BCUT2D eigenvalue weighted by atomic mass is 9.88. The van der Waals surface area contributed by atoms with E-state index in [0.29, 0.717) is 5.41 Å². The Hall–Kier alpha value is -0.560. The van der Waals surface area contributed by atoms with Crippen molar-refractivity contribution >= 4 is 0 Å². The molecule has 0 aromatic carbocycles. The van der Waals surface area contributed by atoms with E-state index in [2.05, 4.69) is 39.0 Å². The van der Waals surface area contributed by atoms with Crippen LogP contribution < -0.4 is 0 Å². The Morgan fingerprint density at radius 2 is 2.07 bits per heavy atom. The fourth-order valence-corrected chi connectivity index (χ4v) is 1.87. The molecular weight excluding hydrogens is 184 g/mol. The molecule has 1 aliphatic carbocycles. The van der Waals surface area contributed by atoms with Crippen molar-refractivity contribution in [2.24, 2.45) is 5.41 Å². The maximum absolute atomic E-state index is 9.95. The Morgan fingerprint density at radius 1 is 1.33 bits per heavy atom. The maximum atomic E-state index is 9.95. The van der Waals surface area contributed by atoms with Crippen molar-refractivity contribution in [3.8, 4) is 0 Å². The van der Waals surface area contributed by atoms with Gasteiger partial charge >= 0.3 is 0 Å². The van der Waals surface area contributed by atoms with E-state index in [4.69, 9.17) is 0 Å². The van der Waals surface area contributed by atoms with E-state index in [1.54, 1.807) is 0 Å². The molecular formula is C14H24O. The van der Waals surface area contributed by atoms with Gasteiger partial charge in [-0.25, -0.2) is 0 Å². The van der Waals surface area contributed by atoms with E-state index in [9.17, 15) is 5.11 Å². The average Bonchev–Trinajstić information content (AvgIpc) is 2.17. The normalized spacial score (nSPS) is 18.8. The van der Waals surface area contributed by atoms with E-state index in [1.807, 2.05) is 0 Å². The predicted octanol–water partition coefficient (Wildman–Crippen LogP) is 3.84. The molecule has 0 radical (unpaired) electrons. The molecule has 0 spiro atoms. The summed E-state index contributed by atoms with van der Waals surface area (Å²) in [6, 6.07) is 0. The Labute approximate surface area is 93.9 Å². The van der Waals surface area contributed by atoms with Gasteiger partial charge in [-0.1, -0.05) is 45.4 Å². The van der Waals surface area contributed by atoms with E-state index in [1.165, 1.54) is 6.42 Å². The highest BCUT2D eigenvalue weighted by Crippen LogP contribution is 2.24. The van der Waals surface area contributed by atoms with Gasteiger partial charge in [0.2, 0.25) is 0 Å². The lowest BCUT2D eigenvalue weighted by Crippen LogP contribution is -2.12. The Balaban J connectivity index is 2.27. The summed E-state index contributed by atoms with van der Waals surface area (Å²) in [5.41, 5.74) is 1.51. The van der Waals surface area contributed by atoms with Crippen LogP contribution in [0.2, 0.25) is 0 Å². The maximum Gasteiger partial charge on any atom is 0.0786 e. The molecule has 1 N–H and O–H groups in total. The van der Waals surface area contributed by atoms with Crippen LogP contribution in [0.4, 0.5) is 0 Å². The second kappa shape index (κ2) is 5.50. The third-order valence-corrected chi connectivity index (χ3v) is 2.81. The highest BCUT2D eigenvalue weighted by Gasteiger charge is 2.13. The quantitative estimate of drug-likeness (QED) is 0.744. The molecule has 0 fully saturated rings. The van der Waals surface area contributed by atoms with Gasteiger partial charge in [-0.3, -0.25) is 0 Å². The molecule has 0 bridgehead atoms. The molecule has 0 saturated carbocycles. The number of hydrogen-bond donors (Lipinski definition) is 1. The Bertz CT molecular complexity index is 243. The number of aliphatic hydroxyl groups excluding tert-OH is 1. The van der Waals surface area contributed by atoms with Crippen LogP contribution in [0.15, 0.2) is 23.8 Å². The SMILES string of the molecule is CC(C)(C)CCCC(O)C1=CCCC=C1. The van der Waals surface area contributed by atoms with Gasteiger partial charge in [0.1, 0.15) is 0 Å². The predicted molar refractivity (Wildman–Crippen MR) is 65.8 cm³/mol. The zero-order chi connectivity index (χ0) is 11.3. The first-order valence-electron chi connectivity index (χ1n) is 6.04. The summed E-state index contributed by atoms with van der Waals surface area (Å²) in [5.74, 6) is 0. The summed E-state index contributed by atoms with van der Waals surface area (Å²) in [5, 5.41) is 9.95. The Kier molecular flexibility index (Phi) is 4.59. The first kappa shape index (κ1) is 12.5. The van der Waals surface area contributed by atoms with Gasteiger partial charge in [-0.15, -0.1) is 0 Å². The molecule has 0 heterocycles. The van der Waals surface area contributed by atoms with Crippen LogP contribution in [-0.4, -0.2) is 11.2 Å². The van der Waals surface area contributed by atoms with Gasteiger partial charge in [0.05, 0.1) is 6.10 Å². The molecule has 86 valence electrons. The molecule has 15 heavy (non-hydrogen) atoms. The topological polar surface area (TPSA) is 20.2 Å². The third-order valence-electron chi connectivity index (χ3n) is 2.81. The van der Waals surface area contributed by atoms with Crippen molar-refractivity contribution in [1.82, 2.24) is 0 Å². The van der Waals surface area contributed by atoms with Crippen LogP contribution in [0.25, 0.3) is 0 Å². The number of hydrogen-bond acceptors (Lipinski definition) is 1. The van der Waals surface area contributed by atoms with Crippen molar-refractivity contribution < 1.29 is 5.11 Å².